The number of nitrogens with one attached hydrogen (secondary N) is 2. The molecule has 2 unspecified atom stereocenters. The van der Waals surface area contributed by atoms with E-state index in [2.05, 4.69) is 10.6 Å². The first-order chi connectivity index (χ1) is 9.74. The number of aliphatic hydroxyl groups excluding tert-OH is 1. The number of aliphatic hydroxyl groups is 1. The Kier molecular flexibility index (Phi) is 6.21. The van der Waals surface area contributed by atoms with E-state index in [9.17, 15) is 9.90 Å². The second kappa shape index (κ2) is 7.46. The van der Waals surface area contributed by atoms with Crippen LogP contribution in [-0.4, -0.2) is 23.8 Å². The van der Waals surface area contributed by atoms with E-state index in [-0.39, 0.29) is 23.4 Å². The molecule has 0 heterocycles. The van der Waals surface area contributed by atoms with Crippen LogP contribution in [0.4, 0.5) is 4.79 Å². The minimum atomic E-state index is -0.454. The van der Waals surface area contributed by atoms with Crippen LogP contribution in [0.2, 0.25) is 0 Å². The molecule has 0 spiro atoms. The molecule has 0 aliphatic heterocycles. The monoisotopic (exact) mass is 292 g/mol. The first kappa shape index (κ1) is 17.5. The van der Waals surface area contributed by atoms with Crippen molar-refractivity contribution in [2.75, 3.05) is 6.54 Å². The number of hydrogen-bond donors (Lipinski definition) is 3. The summed E-state index contributed by atoms with van der Waals surface area (Å²) in [5.41, 5.74) is 0.704. The van der Waals surface area contributed by atoms with E-state index in [0.29, 0.717) is 6.54 Å². The van der Waals surface area contributed by atoms with E-state index in [4.69, 9.17) is 0 Å². The van der Waals surface area contributed by atoms with Crippen LogP contribution >= 0.6 is 0 Å². The van der Waals surface area contributed by atoms with Crippen molar-refractivity contribution in [3.8, 4) is 0 Å². The summed E-state index contributed by atoms with van der Waals surface area (Å²) in [6, 6.07) is 9.56. The Hall–Kier alpha value is -1.55. The zero-order valence-electron chi connectivity index (χ0n) is 13.7. The van der Waals surface area contributed by atoms with Crippen molar-refractivity contribution in [2.45, 2.75) is 46.8 Å². The molecular weight excluding hydrogens is 264 g/mol. The largest absolute Gasteiger partial charge is 0.392 e. The molecule has 0 fully saturated rings. The van der Waals surface area contributed by atoms with Gasteiger partial charge in [0.15, 0.2) is 0 Å². The third kappa shape index (κ3) is 5.38. The topological polar surface area (TPSA) is 61.4 Å². The Bertz CT molecular complexity index is 443. The summed E-state index contributed by atoms with van der Waals surface area (Å²) in [6.07, 6.45) is -0.454. The maximum absolute atomic E-state index is 12.0. The molecule has 0 bridgehead atoms. The van der Waals surface area contributed by atoms with Crippen LogP contribution in [0.3, 0.4) is 0 Å². The lowest BCUT2D eigenvalue weighted by Gasteiger charge is -2.33. The molecule has 0 aliphatic carbocycles. The van der Waals surface area contributed by atoms with Gasteiger partial charge in [0.25, 0.3) is 0 Å². The summed E-state index contributed by atoms with van der Waals surface area (Å²) >= 11 is 0. The van der Waals surface area contributed by atoms with Crippen LogP contribution in [0.1, 0.15) is 46.2 Å². The minimum absolute atomic E-state index is 0.0515. The number of carbonyl (C=O) groups is 1. The molecule has 4 nitrogen and oxygen atoms in total. The lowest BCUT2D eigenvalue weighted by atomic mass is 9.81. The third-order valence-electron chi connectivity index (χ3n) is 3.78. The maximum atomic E-state index is 12.0. The number of urea groups is 1. The standard InChI is InChI=1S/C17H28N2O2/c1-12(2)15(20)17(4,5)11-18-16(21)19-13(3)14-9-7-6-8-10-14/h6-10,12-13,15,20H,11H2,1-5H3,(H2,18,19,21). The van der Waals surface area contributed by atoms with Gasteiger partial charge < -0.3 is 15.7 Å². The van der Waals surface area contributed by atoms with Crippen LogP contribution in [0.5, 0.6) is 0 Å². The highest BCUT2D eigenvalue weighted by Gasteiger charge is 2.30. The quantitative estimate of drug-likeness (QED) is 0.754. The van der Waals surface area contributed by atoms with Gasteiger partial charge in [0.2, 0.25) is 0 Å². The van der Waals surface area contributed by atoms with Crippen molar-refractivity contribution >= 4 is 6.03 Å². The summed E-state index contributed by atoms with van der Waals surface area (Å²) in [4.78, 5) is 12.0. The maximum Gasteiger partial charge on any atom is 0.315 e. The number of hydrogen-bond acceptors (Lipinski definition) is 2. The van der Waals surface area contributed by atoms with Crippen molar-refractivity contribution in [3.63, 3.8) is 0 Å². The SMILES string of the molecule is CC(NC(=O)NCC(C)(C)C(O)C(C)C)c1ccccc1. The van der Waals surface area contributed by atoms with Crippen molar-refractivity contribution in [2.24, 2.45) is 11.3 Å². The van der Waals surface area contributed by atoms with E-state index in [1.165, 1.54) is 0 Å². The van der Waals surface area contributed by atoms with Gasteiger partial charge in [-0.2, -0.15) is 0 Å². The van der Waals surface area contributed by atoms with E-state index in [1.807, 2.05) is 65.0 Å². The second-order valence-corrected chi connectivity index (χ2v) is 6.64. The highest BCUT2D eigenvalue weighted by Crippen LogP contribution is 2.25. The highest BCUT2D eigenvalue weighted by molar-refractivity contribution is 5.74. The zero-order chi connectivity index (χ0) is 16.0. The normalized spacial score (nSPS) is 14.6. The average Bonchev–Trinajstić information content (AvgIpc) is 2.45. The molecule has 0 aromatic heterocycles. The van der Waals surface area contributed by atoms with E-state index < -0.39 is 6.10 Å². The van der Waals surface area contributed by atoms with Crippen molar-refractivity contribution in [1.29, 1.82) is 0 Å². The van der Waals surface area contributed by atoms with Gasteiger partial charge in [0.05, 0.1) is 12.1 Å². The molecule has 0 radical (unpaired) electrons. The number of carbonyl (C=O) groups excluding carboxylic acids is 1. The fourth-order valence-electron chi connectivity index (χ4n) is 2.39. The van der Waals surface area contributed by atoms with Gasteiger partial charge in [-0.25, -0.2) is 4.79 Å². The van der Waals surface area contributed by atoms with Gasteiger partial charge in [0.1, 0.15) is 0 Å². The zero-order valence-corrected chi connectivity index (χ0v) is 13.7. The van der Waals surface area contributed by atoms with Gasteiger partial charge in [-0.1, -0.05) is 58.0 Å². The van der Waals surface area contributed by atoms with Crippen molar-refractivity contribution in [3.05, 3.63) is 35.9 Å². The Balaban J connectivity index is 2.48. The Morgan fingerprint density at radius 1 is 1.19 bits per heavy atom. The molecule has 2 amide bonds. The fourth-order valence-corrected chi connectivity index (χ4v) is 2.39. The second-order valence-electron chi connectivity index (χ2n) is 6.64. The molecule has 1 rings (SSSR count). The first-order valence-electron chi connectivity index (χ1n) is 7.51. The smallest absolute Gasteiger partial charge is 0.315 e. The predicted molar refractivity (Wildman–Crippen MR) is 86.0 cm³/mol. The number of amides is 2. The summed E-state index contributed by atoms with van der Waals surface area (Å²) < 4.78 is 0. The van der Waals surface area contributed by atoms with Gasteiger partial charge in [-0.05, 0) is 18.4 Å². The molecule has 3 N–H and O–H groups in total. The first-order valence-corrected chi connectivity index (χ1v) is 7.51. The van der Waals surface area contributed by atoms with E-state index >= 15 is 0 Å². The number of rotatable bonds is 6. The molecule has 21 heavy (non-hydrogen) atoms. The minimum Gasteiger partial charge on any atom is -0.392 e. The molecule has 1 aromatic rings. The molecular formula is C17H28N2O2. The summed E-state index contributed by atoms with van der Waals surface area (Å²) in [5.74, 6) is 0.160. The predicted octanol–water partition coefficient (Wildman–Crippen LogP) is 3.09. The third-order valence-corrected chi connectivity index (χ3v) is 3.78. The van der Waals surface area contributed by atoms with Crippen LogP contribution in [0.15, 0.2) is 30.3 Å². The molecule has 118 valence electrons. The van der Waals surface area contributed by atoms with Crippen LogP contribution in [-0.2, 0) is 0 Å². The molecule has 0 aliphatic rings. The van der Waals surface area contributed by atoms with Gasteiger partial charge in [0, 0.05) is 12.0 Å². The molecule has 0 saturated heterocycles. The summed E-state index contributed by atoms with van der Waals surface area (Å²) in [5, 5.41) is 15.9. The summed E-state index contributed by atoms with van der Waals surface area (Å²) in [7, 11) is 0. The van der Waals surface area contributed by atoms with Gasteiger partial charge >= 0.3 is 6.03 Å². The highest BCUT2D eigenvalue weighted by atomic mass is 16.3. The van der Waals surface area contributed by atoms with Crippen molar-refractivity contribution < 1.29 is 9.90 Å². The number of benzene rings is 1. The molecule has 0 saturated carbocycles. The Labute approximate surface area is 128 Å². The Morgan fingerprint density at radius 2 is 1.76 bits per heavy atom. The van der Waals surface area contributed by atoms with Gasteiger partial charge in [-0.3, -0.25) is 0 Å². The summed E-state index contributed by atoms with van der Waals surface area (Å²) in [6.45, 7) is 10.2. The lowest BCUT2D eigenvalue weighted by molar-refractivity contribution is 0.0151. The van der Waals surface area contributed by atoms with Crippen LogP contribution < -0.4 is 10.6 Å². The van der Waals surface area contributed by atoms with Crippen LogP contribution in [0, 0.1) is 11.3 Å². The lowest BCUT2D eigenvalue weighted by Crippen LogP contribution is -2.46. The average molecular weight is 292 g/mol. The molecule has 1 aromatic carbocycles. The van der Waals surface area contributed by atoms with Gasteiger partial charge in [-0.15, -0.1) is 0 Å². The van der Waals surface area contributed by atoms with Crippen LogP contribution in [0.25, 0.3) is 0 Å². The molecule has 2 atom stereocenters. The van der Waals surface area contributed by atoms with Crippen molar-refractivity contribution in [1.82, 2.24) is 10.6 Å². The Morgan fingerprint density at radius 3 is 2.29 bits per heavy atom. The fraction of sp³-hybridized carbons (Fsp3) is 0.588. The van der Waals surface area contributed by atoms with E-state index in [1.54, 1.807) is 0 Å². The van der Waals surface area contributed by atoms with E-state index in [0.717, 1.165) is 5.56 Å². The molecule has 4 heteroatoms.